The summed E-state index contributed by atoms with van der Waals surface area (Å²) in [6.45, 7) is 2.37. The van der Waals surface area contributed by atoms with Gasteiger partial charge in [0.15, 0.2) is 10.7 Å². The Hall–Kier alpha value is -3.37. The van der Waals surface area contributed by atoms with Gasteiger partial charge in [0.1, 0.15) is 17.0 Å². The number of H-pyrrole nitrogens is 1. The number of imidazole rings is 1. The number of anilines is 1. The molecule has 4 rings (SSSR count). The number of thioether (sulfide) groups is 1. The second-order valence-corrected chi connectivity index (χ2v) is 8.85. The molecule has 0 amide bonds. The van der Waals surface area contributed by atoms with Gasteiger partial charge in [0, 0.05) is 28.5 Å². The number of halogens is 2. The summed E-state index contributed by atoms with van der Waals surface area (Å²) < 4.78 is 19.4. The van der Waals surface area contributed by atoms with Crippen molar-refractivity contribution in [3.05, 3.63) is 71.7 Å². The largest absolute Gasteiger partial charge is 0.429 e. The van der Waals surface area contributed by atoms with Gasteiger partial charge in [0.2, 0.25) is 11.8 Å². The molecule has 0 bridgehead atoms. The molecule has 0 saturated carbocycles. The van der Waals surface area contributed by atoms with Crippen molar-refractivity contribution in [1.82, 2.24) is 24.9 Å². The highest BCUT2D eigenvalue weighted by Gasteiger charge is 2.18. The summed E-state index contributed by atoms with van der Waals surface area (Å²) in [5.74, 6) is 0.507. The second-order valence-electron chi connectivity index (χ2n) is 7.02. The Morgan fingerprint density at radius 1 is 1.30 bits per heavy atom. The van der Waals surface area contributed by atoms with Crippen molar-refractivity contribution in [2.45, 2.75) is 30.2 Å². The van der Waals surface area contributed by atoms with E-state index in [1.807, 2.05) is 19.1 Å². The zero-order valence-electron chi connectivity index (χ0n) is 17.6. The monoisotopic (exact) mass is 485 g/mol. The normalized spacial score (nSPS) is 13.1. The van der Waals surface area contributed by atoms with Crippen molar-refractivity contribution in [1.29, 1.82) is 0 Å². The van der Waals surface area contributed by atoms with Gasteiger partial charge >= 0.3 is 0 Å². The molecule has 0 aliphatic heterocycles. The van der Waals surface area contributed by atoms with E-state index in [1.54, 1.807) is 24.7 Å². The third-order valence-electron chi connectivity index (χ3n) is 4.54. The van der Waals surface area contributed by atoms with Crippen LogP contribution in [0.25, 0.3) is 22.6 Å². The Kier molecular flexibility index (Phi) is 7.26. The van der Waals surface area contributed by atoms with Crippen LogP contribution in [0.15, 0.2) is 69.7 Å². The average molecular weight is 486 g/mol. The highest BCUT2D eigenvalue weighted by atomic mass is 35.5. The van der Waals surface area contributed by atoms with Gasteiger partial charge in [-0.2, -0.15) is 4.98 Å². The molecule has 0 saturated heterocycles. The maximum atomic E-state index is 13.3. The lowest BCUT2D eigenvalue weighted by Gasteiger charge is -2.06. The van der Waals surface area contributed by atoms with Crippen LogP contribution in [0.2, 0.25) is 0 Å². The molecule has 0 radical (unpaired) electrons. The Balaban J connectivity index is 1.54. The van der Waals surface area contributed by atoms with Crippen molar-refractivity contribution in [3.63, 3.8) is 0 Å². The molecule has 1 unspecified atom stereocenters. The van der Waals surface area contributed by atoms with E-state index in [-0.39, 0.29) is 11.1 Å². The number of rotatable bonds is 9. The summed E-state index contributed by atoms with van der Waals surface area (Å²) in [4.78, 5) is 20.4. The van der Waals surface area contributed by atoms with Crippen molar-refractivity contribution >= 4 is 40.5 Å². The Morgan fingerprint density at radius 2 is 2.12 bits per heavy atom. The number of oxazole rings is 1. The van der Waals surface area contributed by atoms with Gasteiger partial charge in [0.05, 0.1) is 19.1 Å². The zero-order valence-corrected chi connectivity index (χ0v) is 19.2. The number of nitrogens with zero attached hydrogens (tertiary/aromatic N) is 4. The molecule has 0 fully saturated rings. The summed E-state index contributed by atoms with van der Waals surface area (Å²) in [5.41, 5.74) is 8.09. The van der Waals surface area contributed by atoms with Gasteiger partial charge in [0.25, 0.3) is 0 Å². The molecular weight excluding hydrogens is 465 g/mol. The van der Waals surface area contributed by atoms with Gasteiger partial charge in [-0.1, -0.05) is 35.5 Å². The number of hydrogen-bond acceptors (Lipinski definition) is 8. The molecule has 1 aromatic carbocycles. The number of allylic oxidation sites excluding steroid dienone is 2. The van der Waals surface area contributed by atoms with Crippen LogP contribution in [0, 0.1) is 5.82 Å². The Morgan fingerprint density at radius 3 is 2.91 bits per heavy atom. The van der Waals surface area contributed by atoms with Crippen molar-refractivity contribution in [2.24, 2.45) is 5.73 Å². The Bertz CT molecular complexity index is 1290. The highest BCUT2D eigenvalue weighted by molar-refractivity contribution is 8.00. The van der Waals surface area contributed by atoms with Gasteiger partial charge in [-0.25, -0.2) is 19.3 Å². The first kappa shape index (κ1) is 22.8. The highest BCUT2D eigenvalue weighted by Crippen LogP contribution is 2.33. The predicted octanol–water partition coefficient (Wildman–Crippen LogP) is 5.22. The molecule has 3 heterocycles. The van der Waals surface area contributed by atoms with Crippen molar-refractivity contribution < 1.29 is 8.81 Å². The fourth-order valence-corrected chi connectivity index (χ4v) is 3.89. The van der Waals surface area contributed by atoms with Crippen LogP contribution >= 0.6 is 23.4 Å². The number of fused-ring (bicyclic) bond motifs is 1. The fraction of sp³-hybridized carbons (Fsp3) is 0.182. The maximum Gasteiger partial charge on any atom is 0.227 e. The van der Waals surface area contributed by atoms with Crippen LogP contribution in [0.5, 0.6) is 0 Å². The summed E-state index contributed by atoms with van der Waals surface area (Å²) in [7, 11) is 0. The van der Waals surface area contributed by atoms with Gasteiger partial charge in [-0.3, -0.25) is 0 Å². The Labute approximate surface area is 198 Å². The molecule has 33 heavy (non-hydrogen) atoms. The zero-order chi connectivity index (χ0) is 23.2. The molecule has 4 N–H and O–H groups in total. The molecule has 4 aromatic rings. The van der Waals surface area contributed by atoms with Crippen LogP contribution in [-0.2, 0) is 6.54 Å². The molecule has 8 nitrogen and oxygen atoms in total. The molecular formula is C22H21ClFN7OS. The summed E-state index contributed by atoms with van der Waals surface area (Å²) in [6, 6.07) is 6.01. The standard InChI is InChI=1S/C22H21ClFN7OS/c1-13(3-2-4-15(23)9-25)33-21-18(30-20(32-21)14-5-7-16(24)8-6-14)11-27-22-26-10-17-19(31-22)29-12-28-17/h2-3,5-10,12-13H,4,11,25H2,1H3,(H2,26,27,28,29,31)/b3-2+,15-9+. The third kappa shape index (κ3) is 5.91. The summed E-state index contributed by atoms with van der Waals surface area (Å²) in [6.07, 6.45) is 9.13. The first-order valence-corrected chi connectivity index (χ1v) is 11.3. The molecule has 0 aliphatic carbocycles. The van der Waals surface area contributed by atoms with Gasteiger partial charge < -0.3 is 20.5 Å². The predicted molar refractivity (Wildman–Crippen MR) is 128 cm³/mol. The van der Waals surface area contributed by atoms with E-state index < -0.39 is 0 Å². The number of aromatic nitrogens is 5. The van der Waals surface area contributed by atoms with Crippen LogP contribution in [0.4, 0.5) is 10.3 Å². The molecule has 3 aromatic heterocycles. The molecule has 1 atom stereocenters. The lowest BCUT2D eigenvalue weighted by Crippen LogP contribution is -2.05. The minimum Gasteiger partial charge on any atom is -0.429 e. The number of nitrogens with two attached hydrogens (primary N) is 1. The number of nitrogens with one attached hydrogen (secondary N) is 2. The summed E-state index contributed by atoms with van der Waals surface area (Å²) in [5, 5.41) is 4.46. The fourth-order valence-electron chi connectivity index (χ4n) is 2.89. The minimum atomic E-state index is -0.323. The first-order chi connectivity index (χ1) is 16.0. The molecule has 0 spiro atoms. The van der Waals surface area contributed by atoms with Crippen molar-refractivity contribution in [2.75, 3.05) is 5.32 Å². The van der Waals surface area contributed by atoms with Crippen LogP contribution in [-0.4, -0.2) is 30.2 Å². The van der Waals surface area contributed by atoms with E-state index in [0.29, 0.717) is 51.8 Å². The minimum absolute atomic E-state index is 0.0802. The smallest absolute Gasteiger partial charge is 0.227 e. The topological polar surface area (TPSA) is 119 Å². The molecule has 170 valence electrons. The lowest BCUT2D eigenvalue weighted by molar-refractivity contribution is 0.479. The first-order valence-electron chi connectivity index (χ1n) is 10.1. The van der Waals surface area contributed by atoms with E-state index >= 15 is 0 Å². The van der Waals surface area contributed by atoms with Gasteiger partial charge in [-0.15, -0.1) is 0 Å². The maximum absolute atomic E-state index is 13.3. The van der Waals surface area contributed by atoms with E-state index in [2.05, 4.69) is 30.2 Å². The third-order valence-corrected chi connectivity index (χ3v) is 5.88. The van der Waals surface area contributed by atoms with Crippen LogP contribution in [0.1, 0.15) is 19.0 Å². The van der Waals surface area contributed by atoms with Crippen molar-refractivity contribution in [3.8, 4) is 11.5 Å². The quantitative estimate of drug-likeness (QED) is 0.218. The van der Waals surface area contributed by atoms with E-state index in [1.165, 1.54) is 30.1 Å². The summed E-state index contributed by atoms with van der Waals surface area (Å²) >= 11 is 7.45. The lowest BCUT2D eigenvalue weighted by atomic mass is 10.2. The molecule has 11 heteroatoms. The van der Waals surface area contributed by atoms with Gasteiger partial charge in [-0.05, 0) is 31.2 Å². The number of hydrogen-bond donors (Lipinski definition) is 3. The number of aromatic amines is 1. The van der Waals surface area contributed by atoms with E-state index in [4.69, 9.17) is 21.8 Å². The number of benzene rings is 1. The van der Waals surface area contributed by atoms with Crippen LogP contribution < -0.4 is 11.1 Å². The van der Waals surface area contributed by atoms with E-state index in [0.717, 1.165) is 5.52 Å². The van der Waals surface area contributed by atoms with E-state index in [9.17, 15) is 4.39 Å². The van der Waals surface area contributed by atoms with Crippen LogP contribution in [0.3, 0.4) is 0 Å². The second kappa shape index (κ2) is 10.5. The SMILES string of the molecule is CC(/C=C/C/C(Cl)=C\N)Sc1oc(-c2ccc(F)cc2)nc1CNc1ncc2[nH]cnc2n1. The average Bonchev–Trinajstić information content (AvgIpc) is 3.44. The molecule has 0 aliphatic rings.